The number of nitrogens with zero attached hydrogens (tertiary/aromatic N) is 2. The van der Waals surface area contributed by atoms with E-state index in [1.165, 1.54) is 0 Å². The zero-order chi connectivity index (χ0) is 33.4. The molecule has 7 rings (SSSR count). The summed E-state index contributed by atoms with van der Waals surface area (Å²) in [6, 6.07) is 18.2. The average Bonchev–Trinajstić information content (AvgIpc) is 3.39. The van der Waals surface area contributed by atoms with Crippen molar-refractivity contribution in [2.45, 2.75) is 37.5 Å². The lowest BCUT2D eigenvalue weighted by atomic mass is 9.49. The molecule has 0 aromatic heterocycles. The van der Waals surface area contributed by atoms with Crippen LogP contribution in [0.25, 0.3) is 0 Å². The van der Waals surface area contributed by atoms with Gasteiger partial charge in [-0.25, -0.2) is 0 Å². The summed E-state index contributed by atoms with van der Waals surface area (Å²) in [5, 5.41) is 22.6. The average molecular weight is 648 g/mol. The molecule has 2 aliphatic heterocycles. The molecule has 0 radical (unpaired) electrons. The Morgan fingerprint density at radius 3 is 2.30 bits per heavy atom. The molecule has 2 heterocycles. The zero-order valence-electron chi connectivity index (χ0n) is 24.8. The first kappa shape index (κ1) is 30.5. The number of hydrogen-bond acceptors (Lipinski definition) is 8. The smallest absolute Gasteiger partial charge is 0.508 e. The van der Waals surface area contributed by atoms with Crippen molar-refractivity contribution in [2.24, 2.45) is 23.7 Å². The molecule has 10 nitrogen and oxygen atoms in total. The number of fused-ring (bicyclic) bond motifs is 4. The topological polar surface area (TPSA) is 136 Å². The number of benzene rings is 3. The number of carbonyl (C=O) groups is 4. The molecule has 3 aromatic rings. The van der Waals surface area contributed by atoms with Crippen LogP contribution in [0.4, 0.5) is 18.9 Å². The third-order valence-electron chi connectivity index (χ3n) is 9.91. The van der Waals surface area contributed by atoms with Gasteiger partial charge in [-0.15, -0.1) is 13.2 Å². The summed E-state index contributed by atoms with van der Waals surface area (Å²) in [6.07, 6.45) is -3.54. The monoisotopic (exact) mass is 647 g/mol. The minimum absolute atomic E-state index is 0.0167. The maximum Gasteiger partial charge on any atom is 0.573 e. The van der Waals surface area contributed by atoms with Crippen molar-refractivity contribution in [3.63, 3.8) is 0 Å². The van der Waals surface area contributed by atoms with E-state index >= 15 is 0 Å². The van der Waals surface area contributed by atoms with Gasteiger partial charge in [-0.1, -0.05) is 59.7 Å². The lowest BCUT2D eigenvalue weighted by Gasteiger charge is -2.50. The van der Waals surface area contributed by atoms with E-state index in [-0.39, 0.29) is 23.5 Å². The molecule has 2 aliphatic carbocycles. The second-order valence-corrected chi connectivity index (χ2v) is 12.3. The molecule has 3 N–H and O–H groups in total. The first-order chi connectivity index (χ1) is 22.3. The van der Waals surface area contributed by atoms with Crippen molar-refractivity contribution in [3.05, 3.63) is 101 Å². The van der Waals surface area contributed by atoms with E-state index in [0.29, 0.717) is 16.8 Å². The fraction of sp³-hybridized carbons (Fsp3) is 0.294. The van der Waals surface area contributed by atoms with Crippen LogP contribution in [0.1, 0.15) is 35.4 Å². The molecule has 4 amide bonds. The van der Waals surface area contributed by atoms with Crippen LogP contribution in [0.15, 0.2) is 84.4 Å². The Labute approximate surface area is 266 Å². The normalized spacial score (nSPS) is 28.5. The highest BCUT2D eigenvalue weighted by Gasteiger charge is 2.70. The van der Waals surface area contributed by atoms with E-state index in [0.717, 1.165) is 28.8 Å². The highest BCUT2D eigenvalue weighted by Crippen LogP contribution is 2.65. The Kier molecular flexibility index (Phi) is 6.94. The fourth-order valence-corrected chi connectivity index (χ4v) is 8.04. The summed E-state index contributed by atoms with van der Waals surface area (Å²) >= 11 is 0. The van der Waals surface area contributed by atoms with E-state index in [1.54, 1.807) is 60.7 Å². The standard InChI is InChI=1S/C34H28F3N3O7/c1-17-7-9-19(10-8-17)38-39-30(43)25-16-23-21(12-13-22-27(23)31(44)40(46)29(22)42)28(33(25,32(39)45)18-5-3-2-4-6-18)24-15-20(11-14-26(24)41)47-34(35,36)37/h2-12,14-15,22-23,25,27-28,38,41,46H,13,16H2,1H3/t22-,23+,25-,27-,28+,33+/m0/s1. The quantitative estimate of drug-likeness (QED) is 0.201. The third kappa shape index (κ3) is 4.59. The van der Waals surface area contributed by atoms with Crippen molar-refractivity contribution in [2.75, 3.05) is 5.43 Å². The number of hydrogen-bond donors (Lipinski definition) is 3. The number of imide groups is 2. The van der Waals surface area contributed by atoms with Crippen LogP contribution in [-0.2, 0) is 24.6 Å². The summed E-state index contributed by atoms with van der Waals surface area (Å²) in [5.74, 6) is -9.58. The number of ether oxygens (including phenoxy) is 1. The summed E-state index contributed by atoms with van der Waals surface area (Å²) in [4.78, 5) is 55.6. The Balaban J connectivity index is 1.48. The lowest BCUT2D eigenvalue weighted by molar-refractivity contribution is -0.274. The molecule has 0 unspecified atom stereocenters. The first-order valence-electron chi connectivity index (χ1n) is 15.0. The number of allylic oxidation sites excluding steroid dienone is 2. The van der Waals surface area contributed by atoms with Crippen LogP contribution in [0.3, 0.4) is 0 Å². The Morgan fingerprint density at radius 1 is 0.915 bits per heavy atom. The summed E-state index contributed by atoms with van der Waals surface area (Å²) in [7, 11) is 0. The number of carbonyl (C=O) groups excluding carboxylic acids is 4. The minimum atomic E-state index is -5.07. The highest BCUT2D eigenvalue weighted by atomic mass is 19.4. The summed E-state index contributed by atoms with van der Waals surface area (Å²) < 4.78 is 44.4. The number of alkyl halides is 3. The molecule has 242 valence electrons. The van der Waals surface area contributed by atoms with Crippen molar-refractivity contribution < 1.29 is 47.4 Å². The predicted octanol–water partition coefficient (Wildman–Crippen LogP) is 4.97. The predicted molar refractivity (Wildman–Crippen MR) is 157 cm³/mol. The van der Waals surface area contributed by atoms with Gasteiger partial charge < -0.3 is 9.84 Å². The maximum atomic E-state index is 15.0. The van der Waals surface area contributed by atoms with Crippen molar-refractivity contribution in [3.8, 4) is 11.5 Å². The van der Waals surface area contributed by atoms with Gasteiger partial charge in [0, 0.05) is 11.5 Å². The number of rotatable bonds is 5. The first-order valence-corrected chi connectivity index (χ1v) is 15.0. The van der Waals surface area contributed by atoms with E-state index in [4.69, 9.17) is 0 Å². The van der Waals surface area contributed by atoms with Crippen molar-refractivity contribution in [1.29, 1.82) is 0 Å². The Bertz CT molecular complexity index is 1850. The number of amides is 4. The lowest BCUT2D eigenvalue weighted by Crippen LogP contribution is -2.53. The van der Waals surface area contributed by atoms with E-state index < -0.39 is 76.5 Å². The van der Waals surface area contributed by atoms with Crippen LogP contribution in [0.2, 0.25) is 0 Å². The van der Waals surface area contributed by atoms with Gasteiger partial charge in [0.15, 0.2) is 0 Å². The van der Waals surface area contributed by atoms with Gasteiger partial charge in [-0.2, -0.15) is 10.1 Å². The highest BCUT2D eigenvalue weighted by molar-refractivity contribution is 6.13. The molecule has 0 bridgehead atoms. The molecule has 3 aromatic carbocycles. The van der Waals surface area contributed by atoms with Gasteiger partial charge in [-0.3, -0.25) is 29.8 Å². The molecule has 4 aliphatic rings. The molecule has 3 fully saturated rings. The number of hydrazine groups is 1. The van der Waals surface area contributed by atoms with Gasteiger partial charge in [0.2, 0.25) is 0 Å². The third-order valence-corrected chi connectivity index (χ3v) is 9.91. The molecular weight excluding hydrogens is 619 g/mol. The van der Waals surface area contributed by atoms with E-state index in [9.17, 15) is 42.7 Å². The molecule has 1 saturated carbocycles. The number of nitrogens with one attached hydrogen (secondary N) is 1. The number of phenols is 1. The minimum Gasteiger partial charge on any atom is -0.508 e. The molecule has 2 saturated heterocycles. The number of halogens is 3. The second kappa shape index (κ2) is 10.7. The summed E-state index contributed by atoms with van der Waals surface area (Å²) in [5.41, 5.74) is 3.06. The van der Waals surface area contributed by atoms with Gasteiger partial charge >= 0.3 is 6.36 Å². The number of anilines is 1. The number of aryl methyl sites for hydroxylation is 1. The number of hydroxylamine groups is 2. The zero-order valence-corrected chi connectivity index (χ0v) is 24.8. The molecule has 0 spiro atoms. The van der Waals surface area contributed by atoms with E-state index in [1.807, 2.05) is 6.92 Å². The van der Waals surface area contributed by atoms with Gasteiger partial charge in [0.25, 0.3) is 23.6 Å². The van der Waals surface area contributed by atoms with Crippen LogP contribution in [-0.4, -0.2) is 50.4 Å². The van der Waals surface area contributed by atoms with Crippen molar-refractivity contribution in [1.82, 2.24) is 10.1 Å². The summed E-state index contributed by atoms with van der Waals surface area (Å²) in [6.45, 7) is 1.87. The van der Waals surface area contributed by atoms with Crippen LogP contribution in [0, 0.1) is 30.6 Å². The van der Waals surface area contributed by atoms with E-state index in [2.05, 4.69) is 10.2 Å². The van der Waals surface area contributed by atoms with Crippen LogP contribution < -0.4 is 10.2 Å². The number of phenolic OH excluding ortho intramolecular Hbond substituents is 1. The second-order valence-electron chi connectivity index (χ2n) is 12.3. The van der Waals surface area contributed by atoms with Crippen LogP contribution >= 0.6 is 0 Å². The maximum absolute atomic E-state index is 15.0. The number of aromatic hydroxyl groups is 1. The molecule has 6 atom stereocenters. The molecular formula is C34H28F3N3O7. The van der Waals surface area contributed by atoms with Crippen LogP contribution in [0.5, 0.6) is 11.5 Å². The SMILES string of the molecule is Cc1ccc(NN2C(=O)[C@@H]3C[C@@H]4C(=CC[C@@H]5C(=O)N(O)C(=O)[C@@H]54)[C@H](c4cc(OC(F)(F)F)ccc4O)[C@]3(c3ccccc3)C2=O)cc1. The van der Waals surface area contributed by atoms with Gasteiger partial charge in [0.1, 0.15) is 11.5 Å². The van der Waals surface area contributed by atoms with Gasteiger partial charge in [-0.05, 0) is 61.6 Å². The fourth-order valence-electron chi connectivity index (χ4n) is 8.04. The van der Waals surface area contributed by atoms with Gasteiger partial charge in [0.05, 0.1) is 28.9 Å². The Hall–Kier alpha value is -5.17. The Morgan fingerprint density at radius 2 is 1.62 bits per heavy atom. The molecule has 13 heteroatoms. The molecule has 47 heavy (non-hydrogen) atoms. The largest absolute Gasteiger partial charge is 0.573 e. The van der Waals surface area contributed by atoms with Crippen molar-refractivity contribution >= 4 is 29.3 Å².